The molecule has 0 fully saturated rings. The molecular formula is C22H18O4. The van der Waals surface area contributed by atoms with E-state index in [9.17, 15) is 4.79 Å². The minimum absolute atomic E-state index is 0.0644. The number of esters is 1. The van der Waals surface area contributed by atoms with E-state index >= 15 is 0 Å². The zero-order chi connectivity index (χ0) is 18.4. The molecule has 3 rings (SSSR count). The molecule has 0 aliphatic carbocycles. The summed E-state index contributed by atoms with van der Waals surface area (Å²) < 4.78 is 16.3. The molecule has 0 radical (unpaired) electrons. The van der Waals surface area contributed by atoms with Crippen molar-refractivity contribution in [1.82, 2.24) is 0 Å². The summed E-state index contributed by atoms with van der Waals surface area (Å²) in [7, 11) is 0. The van der Waals surface area contributed by atoms with Crippen molar-refractivity contribution >= 4 is 16.7 Å². The lowest BCUT2D eigenvalue weighted by atomic mass is 10.1. The molecule has 0 bridgehead atoms. The Morgan fingerprint density at radius 1 is 0.962 bits per heavy atom. The van der Waals surface area contributed by atoms with E-state index in [1.165, 1.54) is 0 Å². The molecule has 0 aromatic heterocycles. The van der Waals surface area contributed by atoms with Gasteiger partial charge in [-0.05, 0) is 54.1 Å². The number of carbonyl (C=O) groups is 1. The van der Waals surface area contributed by atoms with Gasteiger partial charge in [-0.25, -0.2) is 4.79 Å². The summed E-state index contributed by atoms with van der Waals surface area (Å²) in [6, 6.07) is 21.1. The molecule has 4 nitrogen and oxygen atoms in total. The van der Waals surface area contributed by atoms with Gasteiger partial charge in [-0.3, -0.25) is 0 Å². The van der Waals surface area contributed by atoms with Crippen molar-refractivity contribution in [3.05, 3.63) is 66.7 Å². The lowest BCUT2D eigenvalue weighted by Gasteiger charge is -2.13. The van der Waals surface area contributed by atoms with Crippen LogP contribution in [0, 0.1) is 12.3 Å². The molecule has 1 unspecified atom stereocenters. The van der Waals surface area contributed by atoms with Crippen molar-refractivity contribution in [2.45, 2.75) is 13.0 Å². The number of rotatable bonds is 6. The van der Waals surface area contributed by atoms with Crippen LogP contribution in [0.5, 0.6) is 17.2 Å². The maximum atomic E-state index is 11.7. The highest BCUT2D eigenvalue weighted by Crippen LogP contribution is 2.27. The van der Waals surface area contributed by atoms with Crippen molar-refractivity contribution in [2.75, 3.05) is 6.61 Å². The topological polar surface area (TPSA) is 44.8 Å². The van der Waals surface area contributed by atoms with E-state index in [4.69, 9.17) is 20.6 Å². The van der Waals surface area contributed by atoms with E-state index in [2.05, 4.69) is 12.0 Å². The van der Waals surface area contributed by atoms with Crippen LogP contribution in [0.3, 0.4) is 0 Å². The van der Waals surface area contributed by atoms with Crippen LogP contribution in [0.25, 0.3) is 10.8 Å². The third-order valence-electron chi connectivity index (χ3n) is 3.72. The molecule has 26 heavy (non-hydrogen) atoms. The van der Waals surface area contributed by atoms with Gasteiger partial charge in [0.25, 0.3) is 0 Å². The highest BCUT2D eigenvalue weighted by Gasteiger charge is 2.15. The Balaban J connectivity index is 1.63. The summed E-state index contributed by atoms with van der Waals surface area (Å²) in [5, 5.41) is 2.28. The molecule has 0 saturated carbocycles. The van der Waals surface area contributed by atoms with E-state index in [-0.39, 0.29) is 6.61 Å². The van der Waals surface area contributed by atoms with Crippen molar-refractivity contribution in [3.8, 4) is 29.6 Å². The Morgan fingerprint density at radius 2 is 1.62 bits per heavy atom. The lowest BCUT2D eigenvalue weighted by Crippen LogP contribution is -2.26. The van der Waals surface area contributed by atoms with Gasteiger partial charge in [-0.2, -0.15) is 0 Å². The first kappa shape index (κ1) is 17.4. The highest BCUT2D eigenvalue weighted by molar-refractivity contribution is 5.83. The number of hydrogen-bond donors (Lipinski definition) is 0. The van der Waals surface area contributed by atoms with Crippen molar-refractivity contribution in [1.29, 1.82) is 0 Å². The second kappa shape index (κ2) is 8.09. The number of carbonyl (C=O) groups excluding carboxylic acids is 1. The van der Waals surface area contributed by atoms with Gasteiger partial charge in [0.15, 0.2) is 12.7 Å². The van der Waals surface area contributed by atoms with E-state index in [0.29, 0.717) is 11.5 Å². The molecule has 4 heteroatoms. The normalized spacial score (nSPS) is 11.4. The predicted molar refractivity (Wildman–Crippen MR) is 100 cm³/mol. The second-order valence-corrected chi connectivity index (χ2v) is 5.65. The van der Waals surface area contributed by atoms with Crippen LogP contribution in [-0.4, -0.2) is 18.7 Å². The Bertz CT molecular complexity index is 938. The molecular weight excluding hydrogens is 328 g/mol. The molecule has 0 aliphatic heterocycles. The Morgan fingerprint density at radius 3 is 2.35 bits per heavy atom. The molecule has 0 spiro atoms. The van der Waals surface area contributed by atoms with Crippen LogP contribution in [0.15, 0.2) is 66.7 Å². The van der Waals surface area contributed by atoms with Gasteiger partial charge in [0.2, 0.25) is 0 Å². The van der Waals surface area contributed by atoms with Gasteiger partial charge in [-0.15, -0.1) is 6.42 Å². The van der Waals surface area contributed by atoms with Gasteiger partial charge in [0.05, 0.1) is 0 Å². The number of benzene rings is 3. The van der Waals surface area contributed by atoms with Crippen LogP contribution in [0.2, 0.25) is 0 Å². The second-order valence-electron chi connectivity index (χ2n) is 5.65. The number of ether oxygens (including phenoxy) is 3. The average Bonchev–Trinajstić information content (AvgIpc) is 2.67. The van der Waals surface area contributed by atoms with E-state index < -0.39 is 12.1 Å². The summed E-state index contributed by atoms with van der Waals surface area (Å²) >= 11 is 0. The molecule has 0 amide bonds. The zero-order valence-corrected chi connectivity index (χ0v) is 14.3. The minimum Gasteiger partial charge on any atom is -0.479 e. The molecule has 3 aromatic rings. The van der Waals surface area contributed by atoms with E-state index in [0.717, 1.165) is 16.5 Å². The Labute approximate surface area is 152 Å². The van der Waals surface area contributed by atoms with Gasteiger partial charge < -0.3 is 14.2 Å². The Kier molecular flexibility index (Phi) is 5.40. The largest absolute Gasteiger partial charge is 0.479 e. The van der Waals surface area contributed by atoms with Crippen LogP contribution in [0.4, 0.5) is 0 Å². The molecule has 0 aliphatic rings. The van der Waals surface area contributed by atoms with Gasteiger partial charge >= 0.3 is 5.97 Å². The fourth-order valence-corrected chi connectivity index (χ4v) is 2.44. The smallest absolute Gasteiger partial charge is 0.347 e. The predicted octanol–water partition coefficient (Wildman–Crippen LogP) is 4.58. The summed E-state index contributed by atoms with van der Waals surface area (Å²) in [5.74, 6) is 3.72. The quantitative estimate of drug-likeness (QED) is 0.484. The maximum absolute atomic E-state index is 11.7. The van der Waals surface area contributed by atoms with Crippen LogP contribution in [0.1, 0.15) is 6.92 Å². The molecule has 130 valence electrons. The summed E-state index contributed by atoms with van der Waals surface area (Å²) in [6.45, 7) is 1.55. The monoisotopic (exact) mass is 346 g/mol. The summed E-state index contributed by atoms with van der Waals surface area (Å²) in [6.07, 6.45) is 4.32. The fraction of sp³-hybridized carbons (Fsp3) is 0.136. The molecule has 1 atom stereocenters. The van der Waals surface area contributed by atoms with Crippen molar-refractivity contribution < 1.29 is 19.0 Å². The van der Waals surface area contributed by atoms with Crippen LogP contribution in [-0.2, 0) is 9.53 Å². The summed E-state index contributed by atoms with van der Waals surface area (Å²) in [4.78, 5) is 11.7. The number of terminal acetylenes is 1. The van der Waals surface area contributed by atoms with Gasteiger partial charge in [0, 0.05) is 0 Å². The third-order valence-corrected chi connectivity index (χ3v) is 3.72. The first-order valence-electron chi connectivity index (χ1n) is 8.19. The first-order valence-corrected chi connectivity index (χ1v) is 8.19. The SMILES string of the molecule is C#CCOC(=O)C(C)Oc1ccc(Oc2ccc3ccccc3c2)cc1. The van der Waals surface area contributed by atoms with E-state index in [1.54, 1.807) is 31.2 Å². The fourth-order valence-electron chi connectivity index (χ4n) is 2.44. The molecule has 0 heterocycles. The Hall–Kier alpha value is -3.45. The van der Waals surface area contributed by atoms with Gasteiger partial charge in [0.1, 0.15) is 17.2 Å². The van der Waals surface area contributed by atoms with Crippen molar-refractivity contribution in [2.24, 2.45) is 0 Å². The summed E-state index contributed by atoms with van der Waals surface area (Å²) in [5.41, 5.74) is 0. The number of hydrogen-bond acceptors (Lipinski definition) is 4. The zero-order valence-electron chi connectivity index (χ0n) is 14.3. The first-order chi connectivity index (χ1) is 12.7. The number of fused-ring (bicyclic) bond motifs is 1. The molecule has 3 aromatic carbocycles. The van der Waals surface area contributed by atoms with Crippen LogP contribution < -0.4 is 9.47 Å². The minimum atomic E-state index is -0.740. The van der Waals surface area contributed by atoms with Gasteiger partial charge in [-0.1, -0.05) is 36.3 Å². The van der Waals surface area contributed by atoms with E-state index in [1.807, 2.05) is 36.4 Å². The van der Waals surface area contributed by atoms with Crippen molar-refractivity contribution in [3.63, 3.8) is 0 Å². The highest BCUT2D eigenvalue weighted by atomic mass is 16.6. The lowest BCUT2D eigenvalue weighted by molar-refractivity contribution is -0.149. The third kappa shape index (κ3) is 4.34. The standard InChI is InChI=1S/C22H18O4/c1-3-14-24-22(23)16(2)25-19-10-12-20(13-11-19)26-21-9-8-17-6-4-5-7-18(17)15-21/h1,4-13,15-16H,14H2,2H3. The average molecular weight is 346 g/mol. The molecule has 0 N–H and O–H groups in total. The van der Waals surface area contributed by atoms with Crippen LogP contribution >= 0.6 is 0 Å². The molecule has 0 saturated heterocycles. The maximum Gasteiger partial charge on any atom is 0.347 e.